The fraction of sp³-hybridized carbons (Fsp3) is 0.800. The van der Waals surface area contributed by atoms with Crippen molar-refractivity contribution >= 4 is 67.2 Å². The summed E-state index contributed by atoms with van der Waals surface area (Å²) in [6.07, 6.45) is 13.3. The zero-order chi connectivity index (χ0) is 27.4. The van der Waals surface area contributed by atoms with E-state index in [1.54, 1.807) is 0 Å². The molecule has 0 spiro atoms. The van der Waals surface area contributed by atoms with E-state index in [0.717, 1.165) is 87.0 Å². The highest BCUT2D eigenvalue weighted by atomic mass is 79.9. The summed E-state index contributed by atoms with van der Waals surface area (Å²) in [4.78, 5) is 33.0. The summed E-state index contributed by atoms with van der Waals surface area (Å²) in [6, 6.07) is 0. The molecule has 0 aromatic carbocycles. The van der Waals surface area contributed by atoms with Gasteiger partial charge in [0.2, 0.25) is 0 Å². The molecule has 2 amide bonds. The molecule has 4 heterocycles. The predicted molar refractivity (Wildman–Crippen MR) is 171 cm³/mol. The van der Waals surface area contributed by atoms with Crippen LogP contribution in [-0.4, -0.2) is 53.5 Å². The molecule has 0 N–H and O–H groups in total. The molecule has 8 heteroatoms. The van der Waals surface area contributed by atoms with Crippen LogP contribution in [0.5, 0.6) is 0 Å². The van der Waals surface area contributed by atoms with Gasteiger partial charge < -0.3 is 9.80 Å². The van der Waals surface area contributed by atoms with Gasteiger partial charge in [0.05, 0.1) is 19.5 Å². The number of rotatable bonds is 14. The number of carbonyl (C=O) groups excluding carboxylic acids is 2. The Morgan fingerprint density at radius 2 is 1.11 bits per heavy atom. The van der Waals surface area contributed by atoms with Crippen LogP contribution in [-0.2, 0) is 9.59 Å². The van der Waals surface area contributed by atoms with Crippen LogP contribution in [0.2, 0.25) is 0 Å². The van der Waals surface area contributed by atoms with E-state index >= 15 is 0 Å². The Hall–Kier alpha value is 0.0800. The quantitative estimate of drug-likeness (QED) is 0.171. The topological polar surface area (TPSA) is 40.6 Å². The minimum atomic E-state index is 0.106. The first-order chi connectivity index (χ1) is 18.3. The van der Waals surface area contributed by atoms with Crippen molar-refractivity contribution in [2.24, 2.45) is 11.8 Å². The van der Waals surface area contributed by atoms with Crippen molar-refractivity contribution in [2.45, 2.75) is 124 Å². The van der Waals surface area contributed by atoms with Gasteiger partial charge >= 0.3 is 0 Å². The molecule has 0 saturated carbocycles. The number of fused-ring (bicyclic) bond motifs is 1. The third-order valence-corrected chi connectivity index (χ3v) is 13.6. The number of unbranched alkanes of at least 4 members (excludes halogenated alkanes) is 2. The number of carbonyl (C=O) groups is 2. The maximum absolute atomic E-state index is 14.4. The Balaban J connectivity index is 1.77. The molecular weight excluding hydrogens is 644 g/mol. The van der Waals surface area contributed by atoms with Gasteiger partial charge in [-0.1, -0.05) is 98.1 Å². The zero-order valence-electron chi connectivity index (χ0n) is 23.6. The molecule has 0 aromatic rings. The van der Waals surface area contributed by atoms with Crippen molar-refractivity contribution in [3.05, 3.63) is 22.5 Å². The molecule has 0 bridgehead atoms. The van der Waals surface area contributed by atoms with Crippen LogP contribution in [0.15, 0.2) is 22.5 Å². The Morgan fingerprint density at radius 3 is 1.39 bits per heavy atom. The van der Waals surface area contributed by atoms with Crippen LogP contribution in [0.3, 0.4) is 0 Å². The minimum Gasteiger partial charge on any atom is -0.310 e. The lowest BCUT2D eigenvalue weighted by atomic mass is 9.97. The highest BCUT2D eigenvalue weighted by Crippen LogP contribution is 2.52. The molecule has 38 heavy (non-hydrogen) atoms. The maximum atomic E-state index is 14.4. The molecule has 4 rings (SSSR count). The summed E-state index contributed by atoms with van der Waals surface area (Å²) < 4.78 is 0.774. The second kappa shape index (κ2) is 14.3. The van der Waals surface area contributed by atoms with Crippen LogP contribution >= 0.6 is 55.4 Å². The maximum Gasteiger partial charge on any atom is 0.260 e. The minimum absolute atomic E-state index is 0.106. The van der Waals surface area contributed by atoms with Gasteiger partial charge in [-0.3, -0.25) is 9.59 Å². The van der Waals surface area contributed by atoms with Gasteiger partial charge in [0, 0.05) is 35.0 Å². The molecule has 4 nitrogen and oxygen atoms in total. The largest absolute Gasteiger partial charge is 0.310 e. The molecule has 2 saturated heterocycles. The van der Waals surface area contributed by atoms with Gasteiger partial charge in [-0.2, -0.15) is 0 Å². The Kier molecular flexibility index (Phi) is 11.7. The third-order valence-electron chi connectivity index (χ3n) is 8.78. The first kappa shape index (κ1) is 31.0. The third kappa shape index (κ3) is 6.59. The van der Waals surface area contributed by atoms with Gasteiger partial charge in [-0.25, -0.2) is 0 Å². The van der Waals surface area contributed by atoms with Gasteiger partial charge in [0.25, 0.3) is 11.8 Å². The summed E-state index contributed by atoms with van der Waals surface area (Å²) >= 11 is 11.4. The Morgan fingerprint density at radius 1 is 0.711 bits per heavy atom. The van der Waals surface area contributed by atoms with Gasteiger partial charge in [0.15, 0.2) is 0 Å². The van der Waals surface area contributed by atoms with Crippen LogP contribution < -0.4 is 0 Å². The summed E-state index contributed by atoms with van der Waals surface area (Å²) in [7, 11) is 0. The molecular formula is C30H46Br2N2O2S2. The number of thioether (sulfide) groups is 2. The van der Waals surface area contributed by atoms with Gasteiger partial charge in [-0.05, 0) is 50.4 Å². The highest BCUT2D eigenvalue weighted by molar-refractivity contribution is 9.11. The van der Waals surface area contributed by atoms with E-state index in [1.165, 1.54) is 25.7 Å². The van der Waals surface area contributed by atoms with E-state index in [0.29, 0.717) is 20.2 Å². The molecule has 4 aliphatic rings. The fourth-order valence-electron chi connectivity index (χ4n) is 6.43. The molecule has 0 aliphatic carbocycles. The smallest absolute Gasteiger partial charge is 0.260 e. The van der Waals surface area contributed by atoms with E-state index in [1.807, 2.05) is 23.5 Å². The van der Waals surface area contributed by atoms with Crippen molar-refractivity contribution in [1.29, 1.82) is 0 Å². The van der Waals surface area contributed by atoms with Gasteiger partial charge in [-0.15, -0.1) is 23.5 Å². The Bertz CT molecular complexity index is 865. The zero-order valence-corrected chi connectivity index (χ0v) is 28.5. The van der Waals surface area contributed by atoms with Crippen LogP contribution in [0.1, 0.15) is 105 Å². The van der Waals surface area contributed by atoms with Crippen molar-refractivity contribution in [3.63, 3.8) is 0 Å². The monoisotopic (exact) mass is 688 g/mol. The van der Waals surface area contributed by atoms with Crippen LogP contribution in [0, 0.1) is 11.8 Å². The summed E-state index contributed by atoms with van der Waals surface area (Å²) in [6.45, 7) is 10.5. The second-order valence-electron chi connectivity index (χ2n) is 11.4. The lowest BCUT2D eigenvalue weighted by molar-refractivity contribution is -0.125. The number of alkyl halides is 2. The summed E-state index contributed by atoms with van der Waals surface area (Å²) in [5.41, 5.74) is 3.60. The number of hydrogen-bond donors (Lipinski definition) is 0. The van der Waals surface area contributed by atoms with Crippen LogP contribution in [0.25, 0.3) is 0 Å². The first-order valence-corrected chi connectivity index (χ1v) is 18.8. The Labute approximate surface area is 256 Å². The second-order valence-corrected chi connectivity index (χ2v) is 17.7. The number of amides is 2. The molecule has 4 aliphatic heterocycles. The lowest BCUT2D eigenvalue weighted by Crippen LogP contribution is -2.39. The number of hydrogen-bond acceptors (Lipinski definition) is 4. The molecule has 6 atom stereocenters. The van der Waals surface area contributed by atoms with E-state index in [-0.39, 0.29) is 22.3 Å². The van der Waals surface area contributed by atoms with Crippen molar-refractivity contribution in [2.75, 3.05) is 13.1 Å². The standard InChI is InChI=1S/C30H46Br2N2O2S2/c1-5-9-11-19(7-3)17-33-27(21-13-15-23(31)37-21)25-26(29(33)35)28(22-14-16-24(32)38-22)34(30(25)36)18-20(8-4)12-10-6-2/h19-24H,5-18H2,1-4H3. The first-order valence-electron chi connectivity index (χ1n) is 15.1. The number of halogens is 2. The van der Waals surface area contributed by atoms with Crippen molar-refractivity contribution in [3.8, 4) is 0 Å². The van der Waals surface area contributed by atoms with Crippen molar-refractivity contribution < 1.29 is 9.59 Å². The van der Waals surface area contributed by atoms with Crippen LogP contribution in [0.4, 0.5) is 0 Å². The molecule has 0 aromatic heterocycles. The summed E-state index contributed by atoms with van der Waals surface area (Å²) in [5.74, 6) is 1.16. The highest BCUT2D eigenvalue weighted by Gasteiger charge is 2.53. The van der Waals surface area contributed by atoms with Gasteiger partial charge in [0.1, 0.15) is 0 Å². The van der Waals surface area contributed by atoms with Crippen molar-refractivity contribution in [1.82, 2.24) is 9.80 Å². The number of nitrogens with zero attached hydrogens (tertiary/aromatic N) is 2. The SMILES string of the molecule is CCCCC(CC)CN1C(=O)C2=C(C3CCC(Br)S3)N(CC(CC)CCCC)C(=O)C2=C1C1CCC(Br)S1. The molecule has 6 unspecified atom stereocenters. The molecule has 2 fully saturated rings. The van der Waals surface area contributed by atoms with E-state index < -0.39 is 0 Å². The van der Waals surface area contributed by atoms with E-state index in [4.69, 9.17) is 0 Å². The fourth-order valence-corrected chi connectivity index (χ4v) is 11.1. The normalized spacial score (nSPS) is 29.3. The van der Waals surface area contributed by atoms with E-state index in [2.05, 4.69) is 69.4 Å². The average Bonchev–Trinajstić information content (AvgIpc) is 3.66. The molecule has 0 radical (unpaired) electrons. The van der Waals surface area contributed by atoms with E-state index in [9.17, 15) is 9.59 Å². The lowest BCUT2D eigenvalue weighted by Gasteiger charge is -2.32. The molecule has 214 valence electrons. The average molecular weight is 691 g/mol. The predicted octanol–water partition coefficient (Wildman–Crippen LogP) is 8.85. The summed E-state index contributed by atoms with van der Waals surface area (Å²) in [5, 5.41) is 0.402.